The Labute approximate surface area is 293 Å². The molecule has 0 N–H and O–H groups in total. The molecule has 11 rings (SSSR count). The van der Waals surface area contributed by atoms with Crippen LogP contribution in [0.2, 0.25) is 0 Å². The van der Waals surface area contributed by atoms with Crippen molar-refractivity contribution in [1.29, 1.82) is 0 Å². The molecule has 238 valence electrons. The lowest BCUT2D eigenvalue weighted by Gasteiger charge is -2.11. The number of hydrogen-bond acceptors (Lipinski definition) is 1. The van der Waals surface area contributed by atoms with Crippen LogP contribution in [0, 0.1) is 0 Å². The fourth-order valence-electron chi connectivity index (χ4n) is 8.26. The summed E-state index contributed by atoms with van der Waals surface area (Å²) in [5, 5.41) is 6.91. The van der Waals surface area contributed by atoms with Gasteiger partial charge in [0.2, 0.25) is 0 Å². The van der Waals surface area contributed by atoms with E-state index in [4.69, 9.17) is 4.42 Å². The van der Waals surface area contributed by atoms with Crippen molar-refractivity contribution in [2.75, 3.05) is 0 Å². The summed E-state index contributed by atoms with van der Waals surface area (Å²) in [5.41, 5.74) is 13.5. The number of nitrogens with zero attached hydrogens (tertiary/aromatic N) is 2. The van der Waals surface area contributed by atoms with Gasteiger partial charge in [-0.3, -0.25) is 0 Å². The average Bonchev–Trinajstić information content (AvgIpc) is 3.86. The molecule has 0 aliphatic rings. The SMILES string of the molecule is c1ccc(-c2cccc(-c3cccc(-n4c5ccccc5c5c6oc7c(ccc8c7c7ccccc7n8-c7ccccc7)c6ccc54)c3)c2)cc1. The first kappa shape index (κ1) is 28.0. The highest BCUT2D eigenvalue weighted by atomic mass is 16.3. The zero-order valence-electron chi connectivity index (χ0n) is 27.6. The summed E-state index contributed by atoms with van der Waals surface area (Å²) in [6.07, 6.45) is 0. The highest BCUT2D eigenvalue weighted by molar-refractivity contribution is 6.29. The van der Waals surface area contributed by atoms with E-state index >= 15 is 0 Å². The number of rotatable bonds is 4. The summed E-state index contributed by atoms with van der Waals surface area (Å²) >= 11 is 0. The van der Waals surface area contributed by atoms with Crippen LogP contribution >= 0.6 is 0 Å². The second-order valence-corrected chi connectivity index (χ2v) is 13.3. The van der Waals surface area contributed by atoms with Gasteiger partial charge in [-0.1, -0.05) is 115 Å². The minimum absolute atomic E-state index is 0.924. The highest BCUT2D eigenvalue weighted by Crippen LogP contribution is 2.45. The van der Waals surface area contributed by atoms with E-state index < -0.39 is 0 Å². The molecule has 11 aromatic rings. The van der Waals surface area contributed by atoms with E-state index in [1.165, 1.54) is 38.5 Å². The maximum Gasteiger partial charge on any atom is 0.145 e. The minimum atomic E-state index is 0.924. The number of furan rings is 1. The van der Waals surface area contributed by atoms with Gasteiger partial charge >= 0.3 is 0 Å². The summed E-state index contributed by atoms with van der Waals surface area (Å²) in [4.78, 5) is 0. The van der Waals surface area contributed by atoms with Crippen molar-refractivity contribution < 1.29 is 4.42 Å². The lowest BCUT2D eigenvalue weighted by molar-refractivity contribution is 0.677. The maximum atomic E-state index is 7.12. The molecule has 3 nitrogen and oxygen atoms in total. The third-order valence-electron chi connectivity index (χ3n) is 10.5. The minimum Gasteiger partial charge on any atom is -0.455 e. The van der Waals surface area contributed by atoms with Gasteiger partial charge in [0.25, 0.3) is 0 Å². The molecule has 0 amide bonds. The van der Waals surface area contributed by atoms with Crippen LogP contribution in [-0.2, 0) is 0 Å². The molecule has 3 aromatic heterocycles. The monoisotopic (exact) mass is 650 g/mol. The molecule has 0 atom stereocenters. The lowest BCUT2D eigenvalue weighted by Crippen LogP contribution is -1.94. The second kappa shape index (κ2) is 10.8. The van der Waals surface area contributed by atoms with Gasteiger partial charge in [0.1, 0.15) is 11.2 Å². The van der Waals surface area contributed by atoms with E-state index in [0.717, 1.165) is 60.6 Å². The molecule has 8 aromatic carbocycles. The van der Waals surface area contributed by atoms with Crippen LogP contribution in [0.1, 0.15) is 0 Å². The molecule has 0 fully saturated rings. The third kappa shape index (κ3) is 4.12. The predicted molar refractivity (Wildman–Crippen MR) is 213 cm³/mol. The molecule has 0 radical (unpaired) electrons. The summed E-state index contributed by atoms with van der Waals surface area (Å²) in [5.74, 6) is 0. The Kier molecular flexibility index (Phi) is 5.96. The smallest absolute Gasteiger partial charge is 0.145 e. The van der Waals surface area contributed by atoms with E-state index in [2.05, 4.69) is 191 Å². The Bertz CT molecular complexity index is 3130. The van der Waals surface area contributed by atoms with Crippen LogP contribution in [0.25, 0.3) is 99.2 Å². The van der Waals surface area contributed by atoms with Crippen molar-refractivity contribution in [3.05, 3.63) is 182 Å². The lowest BCUT2D eigenvalue weighted by atomic mass is 9.99. The molecule has 0 aliphatic heterocycles. The number of aromatic nitrogens is 2. The molecular formula is C48H30N2O. The molecule has 3 heteroatoms. The van der Waals surface area contributed by atoms with Crippen molar-refractivity contribution in [1.82, 2.24) is 9.13 Å². The van der Waals surface area contributed by atoms with Gasteiger partial charge in [0, 0.05) is 32.9 Å². The zero-order chi connectivity index (χ0) is 33.5. The maximum absolute atomic E-state index is 7.12. The standard InChI is InChI=1S/C48H30N2O/c1-3-13-31(14-4-1)32-15-11-16-33(29-32)34-17-12-20-36(30-34)50-42-24-10-8-22-40(42)46-44(50)28-26-38-37-25-27-43-45(47(37)51-48(38)46)39-21-7-9-23-41(39)49(43)35-18-5-2-6-19-35/h1-30H. The van der Waals surface area contributed by atoms with E-state index in [-0.39, 0.29) is 0 Å². The van der Waals surface area contributed by atoms with Crippen molar-refractivity contribution in [3.63, 3.8) is 0 Å². The van der Waals surface area contributed by atoms with Crippen LogP contribution in [0.3, 0.4) is 0 Å². The third-order valence-corrected chi connectivity index (χ3v) is 10.5. The van der Waals surface area contributed by atoms with Crippen molar-refractivity contribution in [3.8, 4) is 33.6 Å². The van der Waals surface area contributed by atoms with Crippen LogP contribution < -0.4 is 0 Å². The normalized spacial score (nSPS) is 11.9. The summed E-state index contributed by atoms with van der Waals surface area (Å²) in [7, 11) is 0. The Morgan fingerprint density at radius 3 is 1.37 bits per heavy atom. The Morgan fingerprint density at radius 2 is 0.745 bits per heavy atom. The van der Waals surface area contributed by atoms with Crippen LogP contribution in [0.15, 0.2) is 186 Å². The summed E-state index contributed by atoms with van der Waals surface area (Å²) < 4.78 is 11.9. The fourth-order valence-corrected chi connectivity index (χ4v) is 8.26. The van der Waals surface area contributed by atoms with E-state index in [9.17, 15) is 0 Å². The predicted octanol–water partition coefficient (Wildman–Crippen LogP) is 13.1. The number of hydrogen-bond donors (Lipinski definition) is 0. The largest absolute Gasteiger partial charge is 0.455 e. The molecular weight excluding hydrogens is 621 g/mol. The Morgan fingerprint density at radius 1 is 0.294 bits per heavy atom. The van der Waals surface area contributed by atoms with Crippen molar-refractivity contribution >= 4 is 65.6 Å². The molecule has 0 bridgehead atoms. The Hall–Kier alpha value is -6.84. The van der Waals surface area contributed by atoms with Crippen LogP contribution in [0.4, 0.5) is 0 Å². The second-order valence-electron chi connectivity index (χ2n) is 13.3. The van der Waals surface area contributed by atoms with Crippen molar-refractivity contribution in [2.24, 2.45) is 0 Å². The van der Waals surface area contributed by atoms with Gasteiger partial charge in [0.05, 0.1) is 32.8 Å². The quantitative estimate of drug-likeness (QED) is 0.186. The van der Waals surface area contributed by atoms with E-state index in [0.29, 0.717) is 0 Å². The highest BCUT2D eigenvalue weighted by Gasteiger charge is 2.22. The van der Waals surface area contributed by atoms with Gasteiger partial charge in [-0.25, -0.2) is 0 Å². The number of fused-ring (bicyclic) bond motifs is 11. The van der Waals surface area contributed by atoms with Crippen molar-refractivity contribution in [2.45, 2.75) is 0 Å². The molecule has 0 aliphatic carbocycles. The van der Waals surface area contributed by atoms with E-state index in [1.807, 2.05) is 0 Å². The Balaban J connectivity index is 1.16. The zero-order valence-corrected chi connectivity index (χ0v) is 27.6. The van der Waals surface area contributed by atoms with Gasteiger partial charge in [-0.15, -0.1) is 0 Å². The van der Waals surface area contributed by atoms with Gasteiger partial charge in [0.15, 0.2) is 0 Å². The van der Waals surface area contributed by atoms with Gasteiger partial charge in [-0.2, -0.15) is 0 Å². The molecule has 51 heavy (non-hydrogen) atoms. The van der Waals surface area contributed by atoms with Crippen LogP contribution in [-0.4, -0.2) is 9.13 Å². The molecule has 0 saturated carbocycles. The van der Waals surface area contributed by atoms with Crippen LogP contribution in [0.5, 0.6) is 0 Å². The summed E-state index contributed by atoms with van der Waals surface area (Å²) in [6, 6.07) is 65.2. The fraction of sp³-hybridized carbons (Fsp3) is 0. The number of benzene rings is 8. The van der Waals surface area contributed by atoms with Gasteiger partial charge < -0.3 is 13.6 Å². The molecule has 0 unspecified atom stereocenters. The number of para-hydroxylation sites is 3. The first-order chi connectivity index (χ1) is 25.3. The molecule has 0 saturated heterocycles. The van der Waals surface area contributed by atoms with E-state index in [1.54, 1.807) is 0 Å². The van der Waals surface area contributed by atoms with Gasteiger partial charge in [-0.05, 0) is 89.0 Å². The topological polar surface area (TPSA) is 23.0 Å². The molecule has 3 heterocycles. The first-order valence-electron chi connectivity index (χ1n) is 17.4. The summed E-state index contributed by atoms with van der Waals surface area (Å²) in [6.45, 7) is 0. The first-order valence-corrected chi connectivity index (χ1v) is 17.4. The molecule has 0 spiro atoms. The average molecular weight is 651 g/mol.